The number of hydrogen-bond donors (Lipinski definition) is 2. The van der Waals surface area contributed by atoms with Crippen molar-refractivity contribution in [3.05, 3.63) is 34.9 Å². The van der Waals surface area contributed by atoms with Crippen molar-refractivity contribution in [3.8, 4) is 11.8 Å². The summed E-state index contributed by atoms with van der Waals surface area (Å²) in [7, 11) is 0. The molecule has 1 unspecified atom stereocenters. The lowest BCUT2D eigenvalue weighted by Crippen LogP contribution is -2.26. The predicted octanol–water partition coefficient (Wildman–Crippen LogP) is 2.18. The Hall–Kier alpha value is -1.44. The molecule has 4 heteroatoms. The molecule has 0 heterocycles. The first-order valence-electron chi connectivity index (χ1n) is 6.68. The van der Waals surface area contributed by atoms with Crippen molar-refractivity contribution < 1.29 is 4.79 Å². The zero-order chi connectivity index (χ0) is 15.0. The Morgan fingerprint density at radius 1 is 1.45 bits per heavy atom. The number of hydrogen-bond acceptors (Lipinski definition) is 3. The van der Waals surface area contributed by atoms with Gasteiger partial charge in [-0.15, -0.1) is 0 Å². The summed E-state index contributed by atoms with van der Waals surface area (Å²) in [5.41, 5.74) is 7.88. The molecular weight excluding hydrogens is 268 g/mol. The molecule has 108 valence electrons. The number of amides is 1. The van der Waals surface area contributed by atoms with Gasteiger partial charge in [0.25, 0.3) is 5.91 Å². The Bertz CT molecular complexity index is 517. The van der Waals surface area contributed by atoms with Crippen LogP contribution in [0.15, 0.2) is 18.2 Å². The molecule has 0 aliphatic carbocycles. The molecule has 1 amide bonds. The topological polar surface area (TPSA) is 55.1 Å². The molecule has 0 bridgehead atoms. The first-order valence-corrected chi connectivity index (χ1v) is 7.97. The van der Waals surface area contributed by atoms with Crippen molar-refractivity contribution in [2.75, 3.05) is 19.3 Å². The molecule has 0 saturated carbocycles. The van der Waals surface area contributed by atoms with Gasteiger partial charge in [0.1, 0.15) is 0 Å². The van der Waals surface area contributed by atoms with Crippen LogP contribution in [-0.2, 0) is 0 Å². The number of nitrogens with one attached hydrogen (secondary N) is 1. The fourth-order valence-electron chi connectivity index (χ4n) is 1.75. The van der Waals surface area contributed by atoms with E-state index >= 15 is 0 Å². The largest absolute Gasteiger partial charge is 0.352 e. The second-order valence-electron chi connectivity index (χ2n) is 4.68. The van der Waals surface area contributed by atoms with E-state index in [4.69, 9.17) is 5.73 Å². The summed E-state index contributed by atoms with van der Waals surface area (Å²) in [5.74, 6) is 5.73. The van der Waals surface area contributed by atoms with Crippen molar-refractivity contribution in [2.45, 2.75) is 25.5 Å². The Morgan fingerprint density at radius 2 is 2.20 bits per heavy atom. The Balaban J connectivity index is 2.70. The number of rotatable bonds is 5. The maximum atomic E-state index is 12.1. The van der Waals surface area contributed by atoms with Crippen LogP contribution in [0.2, 0.25) is 0 Å². The molecule has 0 radical (unpaired) electrons. The molecule has 20 heavy (non-hydrogen) atoms. The van der Waals surface area contributed by atoms with Gasteiger partial charge in [-0.1, -0.05) is 18.8 Å². The zero-order valence-corrected chi connectivity index (χ0v) is 13.1. The van der Waals surface area contributed by atoms with Crippen LogP contribution < -0.4 is 11.1 Å². The van der Waals surface area contributed by atoms with Crippen molar-refractivity contribution >= 4 is 17.7 Å². The van der Waals surface area contributed by atoms with Crippen LogP contribution in [0.4, 0.5) is 0 Å². The molecule has 3 N–H and O–H groups in total. The minimum atomic E-state index is -0.0437. The van der Waals surface area contributed by atoms with Crippen molar-refractivity contribution in [1.82, 2.24) is 5.32 Å². The van der Waals surface area contributed by atoms with E-state index in [1.807, 2.05) is 25.1 Å². The van der Waals surface area contributed by atoms with Gasteiger partial charge >= 0.3 is 0 Å². The lowest BCUT2D eigenvalue weighted by Gasteiger charge is -2.10. The third-order valence-electron chi connectivity index (χ3n) is 2.91. The monoisotopic (exact) mass is 290 g/mol. The van der Waals surface area contributed by atoms with Gasteiger partial charge in [0.2, 0.25) is 0 Å². The first-order chi connectivity index (χ1) is 9.56. The van der Waals surface area contributed by atoms with Gasteiger partial charge in [0.15, 0.2) is 0 Å². The van der Waals surface area contributed by atoms with Gasteiger partial charge in [0.05, 0.1) is 6.54 Å². The number of nitrogens with two attached hydrogens (primary N) is 1. The predicted molar refractivity (Wildman–Crippen MR) is 87.0 cm³/mol. The van der Waals surface area contributed by atoms with E-state index in [0.29, 0.717) is 23.9 Å². The van der Waals surface area contributed by atoms with E-state index in [2.05, 4.69) is 30.3 Å². The quantitative estimate of drug-likeness (QED) is 0.817. The van der Waals surface area contributed by atoms with E-state index in [9.17, 15) is 4.79 Å². The summed E-state index contributed by atoms with van der Waals surface area (Å²) < 4.78 is 0. The Kier molecular flexibility index (Phi) is 7.21. The van der Waals surface area contributed by atoms with Crippen LogP contribution >= 0.6 is 11.8 Å². The van der Waals surface area contributed by atoms with E-state index in [1.54, 1.807) is 11.8 Å². The number of thioether (sulfide) groups is 1. The molecule has 0 saturated heterocycles. The fraction of sp³-hybridized carbons (Fsp3) is 0.438. The van der Waals surface area contributed by atoms with E-state index in [1.165, 1.54) is 0 Å². The summed E-state index contributed by atoms with van der Waals surface area (Å²) in [4.78, 5) is 12.1. The summed E-state index contributed by atoms with van der Waals surface area (Å²) in [6, 6.07) is 5.64. The average molecular weight is 290 g/mol. The highest BCUT2D eigenvalue weighted by Gasteiger charge is 2.07. The highest BCUT2D eigenvalue weighted by molar-refractivity contribution is 7.99. The summed E-state index contributed by atoms with van der Waals surface area (Å²) >= 11 is 1.80. The molecular formula is C16H22N2OS. The van der Waals surface area contributed by atoms with Gasteiger partial charge in [-0.2, -0.15) is 11.8 Å². The summed E-state index contributed by atoms with van der Waals surface area (Å²) in [5, 5.41) is 3.50. The third kappa shape index (κ3) is 5.68. The van der Waals surface area contributed by atoms with E-state index in [0.717, 1.165) is 17.5 Å². The van der Waals surface area contributed by atoms with Crippen molar-refractivity contribution in [2.24, 2.45) is 5.73 Å². The van der Waals surface area contributed by atoms with E-state index in [-0.39, 0.29) is 5.91 Å². The second kappa shape index (κ2) is 8.68. The molecule has 0 spiro atoms. The van der Waals surface area contributed by atoms with Crippen LogP contribution in [0, 0.1) is 18.8 Å². The number of aryl methyl sites for hydroxylation is 1. The fourth-order valence-corrected chi connectivity index (χ4v) is 2.10. The molecule has 0 aliphatic rings. The first kappa shape index (κ1) is 16.6. The van der Waals surface area contributed by atoms with Crippen LogP contribution in [0.3, 0.4) is 0 Å². The molecule has 1 atom stereocenters. The minimum absolute atomic E-state index is 0.0437. The van der Waals surface area contributed by atoms with Gasteiger partial charge in [0, 0.05) is 22.9 Å². The van der Waals surface area contributed by atoms with Gasteiger partial charge < -0.3 is 11.1 Å². The average Bonchev–Trinajstić information content (AvgIpc) is 2.44. The smallest absolute Gasteiger partial charge is 0.251 e. The molecule has 1 aromatic carbocycles. The Labute approximate surface area is 125 Å². The van der Waals surface area contributed by atoms with Crippen LogP contribution in [0.1, 0.15) is 34.8 Å². The SMILES string of the molecule is CSC(C)CCNC(=O)c1cc(C)cc(C#CCN)c1. The summed E-state index contributed by atoms with van der Waals surface area (Å²) in [6.07, 6.45) is 3.05. The van der Waals surface area contributed by atoms with Crippen LogP contribution in [0.25, 0.3) is 0 Å². The van der Waals surface area contributed by atoms with Gasteiger partial charge in [-0.05, 0) is 43.4 Å². The number of carbonyl (C=O) groups is 1. The van der Waals surface area contributed by atoms with Crippen molar-refractivity contribution in [3.63, 3.8) is 0 Å². The number of benzene rings is 1. The lowest BCUT2D eigenvalue weighted by atomic mass is 10.1. The lowest BCUT2D eigenvalue weighted by molar-refractivity contribution is 0.0953. The highest BCUT2D eigenvalue weighted by atomic mass is 32.2. The van der Waals surface area contributed by atoms with E-state index < -0.39 is 0 Å². The summed E-state index contributed by atoms with van der Waals surface area (Å²) in [6.45, 7) is 5.13. The molecule has 3 nitrogen and oxygen atoms in total. The van der Waals surface area contributed by atoms with Crippen LogP contribution in [0.5, 0.6) is 0 Å². The molecule has 1 rings (SSSR count). The normalized spacial score (nSPS) is 11.4. The van der Waals surface area contributed by atoms with Gasteiger partial charge in [-0.25, -0.2) is 0 Å². The molecule has 0 aromatic heterocycles. The van der Waals surface area contributed by atoms with Crippen molar-refractivity contribution in [1.29, 1.82) is 0 Å². The highest BCUT2D eigenvalue weighted by Crippen LogP contribution is 2.10. The maximum Gasteiger partial charge on any atom is 0.251 e. The minimum Gasteiger partial charge on any atom is -0.352 e. The number of carbonyl (C=O) groups excluding carboxylic acids is 1. The zero-order valence-electron chi connectivity index (χ0n) is 12.3. The second-order valence-corrected chi connectivity index (χ2v) is 5.96. The standard InChI is InChI=1S/C16H22N2OS/c1-12-9-14(5-4-7-17)11-15(10-12)16(19)18-8-6-13(2)20-3/h9-11,13H,6-8,17H2,1-3H3,(H,18,19). The molecule has 0 aliphatic heterocycles. The van der Waals surface area contributed by atoms with Gasteiger partial charge in [-0.3, -0.25) is 4.79 Å². The third-order valence-corrected chi connectivity index (χ3v) is 3.95. The molecule has 0 fully saturated rings. The molecule has 1 aromatic rings. The van der Waals surface area contributed by atoms with Crippen LogP contribution in [-0.4, -0.2) is 30.5 Å². The maximum absolute atomic E-state index is 12.1. The Morgan fingerprint density at radius 3 is 2.85 bits per heavy atom.